The number of hydrogen-bond acceptors (Lipinski definition) is 4. The normalized spacial score (nSPS) is 19.6. The second-order valence-electron chi connectivity index (χ2n) is 5.08. The van der Waals surface area contributed by atoms with E-state index in [0.717, 1.165) is 35.4 Å². The number of imidazole rings is 1. The van der Waals surface area contributed by atoms with Crippen molar-refractivity contribution in [3.63, 3.8) is 0 Å². The third-order valence-electron chi connectivity index (χ3n) is 3.63. The molecular formula is C15H21N3O2. The molecule has 20 heavy (non-hydrogen) atoms. The molecule has 1 aromatic carbocycles. The van der Waals surface area contributed by atoms with E-state index < -0.39 is 0 Å². The largest absolute Gasteiger partial charge is 0.376 e. The molecule has 1 unspecified atom stereocenters. The molecule has 5 heteroatoms. The molecule has 0 amide bonds. The van der Waals surface area contributed by atoms with Crippen LogP contribution in [0.5, 0.6) is 0 Å². The topological polar surface area (TPSA) is 62.3 Å². The third-order valence-corrected chi connectivity index (χ3v) is 3.63. The lowest BCUT2D eigenvalue weighted by molar-refractivity contribution is -0.0945. The SMILES string of the molecule is CCCn1c(C2COCCO2)nc2cc(CN)ccc21. The molecule has 1 aromatic heterocycles. The second kappa shape index (κ2) is 5.91. The average molecular weight is 275 g/mol. The number of rotatable bonds is 4. The van der Waals surface area contributed by atoms with E-state index in [1.807, 2.05) is 0 Å². The first kappa shape index (κ1) is 13.5. The number of hydrogen-bond donors (Lipinski definition) is 1. The minimum absolute atomic E-state index is 0.0657. The molecule has 0 spiro atoms. The van der Waals surface area contributed by atoms with Crippen LogP contribution in [0.15, 0.2) is 18.2 Å². The van der Waals surface area contributed by atoms with Gasteiger partial charge in [-0.05, 0) is 24.1 Å². The molecule has 1 aliphatic heterocycles. The van der Waals surface area contributed by atoms with E-state index in [1.165, 1.54) is 0 Å². The van der Waals surface area contributed by atoms with Crippen LogP contribution in [0.1, 0.15) is 30.8 Å². The molecule has 0 bridgehead atoms. The Balaban J connectivity index is 2.06. The van der Waals surface area contributed by atoms with E-state index in [9.17, 15) is 0 Å². The molecule has 1 atom stereocenters. The third kappa shape index (κ3) is 2.44. The van der Waals surface area contributed by atoms with E-state index in [1.54, 1.807) is 0 Å². The Hall–Kier alpha value is -1.43. The minimum Gasteiger partial charge on any atom is -0.376 e. The summed E-state index contributed by atoms with van der Waals surface area (Å²) in [6.07, 6.45) is 0.994. The van der Waals surface area contributed by atoms with Crippen molar-refractivity contribution < 1.29 is 9.47 Å². The van der Waals surface area contributed by atoms with Gasteiger partial charge in [-0.3, -0.25) is 0 Å². The molecule has 1 aliphatic rings. The van der Waals surface area contributed by atoms with Crippen LogP contribution in [0, 0.1) is 0 Å². The van der Waals surface area contributed by atoms with Gasteiger partial charge in [0.05, 0.1) is 30.9 Å². The van der Waals surface area contributed by atoms with E-state index in [4.69, 9.17) is 20.2 Å². The van der Waals surface area contributed by atoms with Crippen LogP contribution in [0.2, 0.25) is 0 Å². The molecule has 0 aliphatic carbocycles. The highest BCUT2D eigenvalue weighted by atomic mass is 16.6. The molecule has 1 fully saturated rings. The minimum atomic E-state index is -0.0657. The summed E-state index contributed by atoms with van der Waals surface area (Å²) < 4.78 is 13.6. The highest BCUT2D eigenvalue weighted by molar-refractivity contribution is 5.77. The van der Waals surface area contributed by atoms with Crippen molar-refractivity contribution in [1.82, 2.24) is 9.55 Å². The number of nitrogens with two attached hydrogens (primary N) is 1. The lowest BCUT2D eigenvalue weighted by atomic mass is 10.2. The summed E-state index contributed by atoms with van der Waals surface area (Å²) in [5, 5.41) is 0. The smallest absolute Gasteiger partial charge is 0.141 e. The molecule has 2 N–H and O–H groups in total. The summed E-state index contributed by atoms with van der Waals surface area (Å²) >= 11 is 0. The van der Waals surface area contributed by atoms with Crippen LogP contribution in [-0.4, -0.2) is 29.4 Å². The first-order chi connectivity index (χ1) is 9.83. The molecular weight excluding hydrogens is 254 g/mol. The number of aromatic nitrogens is 2. The van der Waals surface area contributed by atoms with Gasteiger partial charge in [-0.2, -0.15) is 0 Å². The summed E-state index contributed by atoms with van der Waals surface area (Å²) in [5.41, 5.74) is 8.95. The number of benzene rings is 1. The molecule has 2 aromatic rings. The number of nitrogens with zero attached hydrogens (tertiary/aromatic N) is 2. The zero-order valence-corrected chi connectivity index (χ0v) is 11.8. The fourth-order valence-corrected chi connectivity index (χ4v) is 2.66. The quantitative estimate of drug-likeness (QED) is 0.927. The van der Waals surface area contributed by atoms with Crippen LogP contribution in [-0.2, 0) is 22.6 Å². The average Bonchev–Trinajstić information content (AvgIpc) is 2.86. The summed E-state index contributed by atoms with van der Waals surface area (Å²) in [6.45, 7) is 5.53. The Bertz CT molecular complexity index is 588. The highest BCUT2D eigenvalue weighted by Crippen LogP contribution is 2.26. The van der Waals surface area contributed by atoms with Gasteiger partial charge in [0.25, 0.3) is 0 Å². The number of fused-ring (bicyclic) bond motifs is 1. The summed E-state index contributed by atoms with van der Waals surface area (Å²) in [7, 11) is 0. The molecule has 5 nitrogen and oxygen atoms in total. The lowest BCUT2D eigenvalue weighted by Gasteiger charge is -2.23. The summed E-state index contributed by atoms with van der Waals surface area (Å²) in [5.74, 6) is 0.968. The van der Waals surface area contributed by atoms with E-state index in [0.29, 0.717) is 26.4 Å². The van der Waals surface area contributed by atoms with Crippen molar-refractivity contribution in [2.45, 2.75) is 32.5 Å². The van der Waals surface area contributed by atoms with Crippen molar-refractivity contribution in [2.75, 3.05) is 19.8 Å². The fraction of sp³-hybridized carbons (Fsp3) is 0.533. The second-order valence-corrected chi connectivity index (χ2v) is 5.08. The number of aryl methyl sites for hydroxylation is 1. The van der Waals surface area contributed by atoms with Gasteiger partial charge in [-0.25, -0.2) is 4.98 Å². The fourth-order valence-electron chi connectivity index (χ4n) is 2.66. The molecule has 0 radical (unpaired) electrons. The molecule has 2 heterocycles. The first-order valence-electron chi connectivity index (χ1n) is 7.22. The summed E-state index contributed by atoms with van der Waals surface area (Å²) in [6, 6.07) is 6.24. The molecule has 1 saturated heterocycles. The van der Waals surface area contributed by atoms with Crippen molar-refractivity contribution >= 4 is 11.0 Å². The van der Waals surface area contributed by atoms with Gasteiger partial charge >= 0.3 is 0 Å². The van der Waals surface area contributed by atoms with Crippen LogP contribution in [0.25, 0.3) is 11.0 Å². The predicted molar refractivity (Wildman–Crippen MR) is 77.4 cm³/mol. The Morgan fingerprint density at radius 3 is 3.00 bits per heavy atom. The monoisotopic (exact) mass is 275 g/mol. The van der Waals surface area contributed by atoms with Crippen molar-refractivity contribution in [1.29, 1.82) is 0 Å². The van der Waals surface area contributed by atoms with Crippen LogP contribution in [0.4, 0.5) is 0 Å². The summed E-state index contributed by atoms with van der Waals surface area (Å²) in [4.78, 5) is 4.77. The standard InChI is InChI=1S/C15H21N3O2/c1-2-5-18-13-4-3-11(9-16)8-12(13)17-15(18)14-10-19-6-7-20-14/h3-4,8,14H,2,5-7,9-10,16H2,1H3. The Morgan fingerprint density at radius 1 is 1.40 bits per heavy atom. The first-order valence-corrected chi connectivity index (χ1v) is 7.22. The van der Waals surface area contributed by atoms with Gasteiger partial charge in [0.15, 0.2) is 0 Å². The Labute approximate surface area is 118 Å². The highest BCUT2D eigenvalue weighted by Gasteiger charge is 2.23. The van der Waals surface area contributed by atoms with Gasteiger partial charge in [-0.15, -0.1) is 0 Å². The van der Waals surface area contributed by atoms with Gasteiger partial charge in [0.2, 0.25) is 0 Å². The van der Waals surface area contributed by atoms with E-state index in [2.05, 4.69) is 29.7 Å². The Kier molecular flexibility index (Phi) is 4.00. The van der Waals surface area contributed by atoms with E-state index >= 15 is 0 Å². The lowest BCUT2D eigenvalue weighted by Crippen LogP contribution is -2.24. The van der Waals surface area contributed by atoms with Crippen LogP contribution >= 0.6 is 0 Å². The predicted octanol–water partition coefficient (Wildman–Crippen LogP) is 1.99. The maximum absolute atomic E-state index is 5.80. The maximum atomic E-state index is 5.80. The maximum Gasteiger partial charge on any atom is 0.141 e. The molecule has 108 valence electrons. The van der Waals surface area contributed by atoms with Crippen molar-refractivity contribution in [3.8, 4) is 0 Å². The zero-order valence-electron chi connectivity index (χ0n) is 11.8. The zero-order chi connectivity index (χ0) is 13.9. The van der Waals surface area contributed by atoms with Crippen LogP contribution in [0.3, 0.4) is 0 Å². The number of ether oxygens (including phenoxy) is 2. The van der Waals surface area contributed by atoms with Gasteiger partial charge in [0, 0.05) is 13.1 Å². The molecule has 3 rings (SSSR count). The Morgan fingerprint density at radius 2 is 2.30 bits per heavy atom. The van der Waals surface area contributed by atoms with Crippen molar-refractivity contribution in [3.05, 3.63) is 29.6 Å². The van der Waals surface area contributed by atoms with Crippen molar-refractivity contribution in [2.24, 2.45) is 5.73 Å². The van der Waals surface area contributed by atoms with Gasteiger partial charge in [0.1, 0.15) is 11.9 Å². The van der Waals surface area contributed by atoms with E-state index in [-0.39, 0.29) is 6.10 Å². The van der Waals surface area contributed by atoms with Gasteiger partial charge in [-0.1, -0.05) is 13.0 Å². The molecule has 0 saturated carbocycles. The van der Waals surface area contributed by atoms with Gasteiger partial charge < -0.3 is 19.8 Å². The van der Waals surface area contributed by atoms with Crippen LogP contribution < -0.4 is 5.73 Å².